The molecule has 140 valence electrons. The fourth-order valence-electron chi connectivity index (χ4n) is 2.17. The van der Waals surface area contributed by atoms with Gasteiger partial charge in [-0.3, -0.25) is 0 Å². The van der Waals surface area contributed by atoms with Gasteiger partial charge in [-0.15, -0.1) is 0 Å². The summed E-state index contributed by atoms with van der Waals surface area (Å²) in [4.78, 5) is 12.2. The first-order valence-corrected chi connectivity index (χ1v) is 8.41. The average molecular weight is 381 g/mol. The van der Waals surface area contributed by atoms with Crippen LogP contribution in [0.2, 0.25) is 5.02 Å². The van der Waals surface area contributed by atoms with E-state index in [9.17, 15) is 4.79 Å². The summed E-state index contributed by atoms with van der Waals surface area (Å²) in [7, 11) is 3.07. The minimum Gasteiger partial charge on any atom is -0.497 e. The standard InChI is InChI=1S/C19H21ClO6/c1-4-24-18-16(20)11-13(12-17(18)23-3)19(21)26-10-9-25-15-7-5-14(22-2)6-8-15/h5-8,11-12H,4,9-10H2,1-3H3. The molecule has 0 unspecified atom stereocenters. The first kappa shape index (κ1) is 19.7. The first-order chi connectivity index (χ1) is 12.6. The molecule has 0 aliphatic rings. The van der Waals surface area contributed by atoms with Crippen LogP contribution in [0, 0.1) is 0 Å². The highest BCUT2D eigenvalue weighted by Gasteiger charge is 2.16. The lowest BCUT2D eigenvalue weighted by Gasteiger charge is -2.13. The molecule has 26 heavy (non-hydrogen) atoms. The molecule has 2 aromatic carbocycles. The van der Waals surface area contributed by atoms with E-state index in [1.54, 1.807) is 31.4 Å². The Bertz CT molecular complexity index is 730. The van der Waals surface area contributed by atoms with Gasteiger partial charge in [0, 0.05) is 0 Å². The van der Waals surface area contributed by atoms with Crippen molar-refractivity contribution in [3.05, 3.63) is 47.0 Å². The van der Waals surface area contributed by atoms with Crippen molar-refractivity contribution in [2.75, 3.05) is 34.0 Å². The minimum absolute atomic E-state index is 0.0952. The molecule has 0 N–H and O–H groups in total. The molecule has 0 saturated carbocycles. The van der Waals surface area contributed by atoms with Gasteiger partial charge in [-0.05, 0) is 43.3 Å². The van der Waals surface area contributed by atoms with Crippen LogP contribution in [-0.2, 0) is 4.74 Å². The Hall–Kier alpha value is -2.60. The Labute approximate surface area is 157 Å². The Morgan fingerprint density at radius 1 is 0.962 bits per heavy atom. The first-order valence-electron chi connectivity index (χ1n) is 8.03. The highest BCUT2D eigenvalue weighted by Crippen LogP contribution is 2.36. The van der Waals surface area contributed by atoms with Gasteiger partial charge in [0.15, 0.2) is 11.5 Å². The number of hydrogen-bond acceptors (Lipinski definition) is 6. The maximum absolute atomic E-state index is 12.2. The van der Waals surface area contributed by atoms with E-state index in [0.29, 0.717) is 23.9 Å². The van der Waals surface area contributed by atoms with Gasteiger partial charge in [-0.25, -0.2) is 4.79 Å². The monoisotopic (exact) mass is 380 g/mol. The number of carbonyl (C=O) groups is 1. The van der Waals surface area contributed by atoms with E-state index in [4.69, 9.17) is 35.3 Å². The van der Waals surface area contributed by atoms with Gasteiger partial charge in [0.25, 0.3) is 0 Å². The lowest BCUT2D eigenvalue weighted by molar-refractivity contribution is 0.0450. The molecule has 0 saturated heterocycles. The summed E-state index contributed by atoms with van der Waals surface area (Å²) in [5.41, 5.74) is 0.278. The predicted molar refractivity (Wildman–Crippen MR) is 97.9 cm³/mol. The average Bonchev–Trinajstić information content (AvgIpc) is 2.67. The van der Waals surface area contributed by atoms with Crippen LogP contribution in [0.3, 0.4) is 0 Å². The molecule has 2 rings (SSSR count). The zero-order valence-corrected chi connectivity index (χ0v) is 15.7. The summed E-state index contributed by atoms with van der Waals surface area (Å²) in [6.07, 6.45) is 0. The third-order valence-electron chi connectivity index (χ3n) is 3.40. The quantitative estimate of drug-likeness (QED) is 0.484. The second-order valence-electron chi connectivity index (χ2n) is 5.08. The van der Waals surface area contributed by atoms with Crippen LogP contribution < -0.4 is 18.9 Å². The molecule has 6 nitrogen and oxygen atoms in total. The molecule has 0 fully saturated rings. The molecule has 7 heteroatoms. The van der Waals surface area contributed by atoms with Crippen LogP contribution in [0.25, 0.3) is 0 Å². The summed E-state index contributed by atoms with van der Waals surface area (Å²) in [5, 5.41) is 0.285. The molecular weight excluding hydrogens is 360 g/mol. The molecule has 0 spiro atoms. The van der Waals surface area contributed by atoms with Gasteiger partial charge in [0.1, 0.15) is 24.7 Å². The predicted octanol–water partition coefficient (Wildman–Crippen LogP) is 3.99. The van der Waals surface area contributed by atoms with Crippen molar-refractivity contribution >= 4 is 17.6 Å². The van der Waals surface area contributed by atoms with Crippen molar-refractivity contribution in [2.24, 2.45) is 0 Å². The molecular formula is C19H21ClO6. The summed E-state index contributed by atoms with van der Waals surface area (Å²) in [5.74, 6) is 1.65. The van der Waals surface area contributed by atoms with Crippen molar-refractivity contribution < 1.29 is 28.5 Å². The van der Waals surface area contributed by atoms with Crippen LogP contribution >= 0.6 is 11.6 Å². The minimum atomic E-state index is -0.522. The van der Waals surface area contributed by atoms with Gasteiger partial charge in [-0.1, -0.05) is 11.6 Å². The van der Waals surface area contributed by atoms with E-state index < -0.39 is 5.97 Å². The Morgan fingerprint density at radius 3 is 2.27 bits per heavy atom. The molecule has 0 amide bonds. The van der Waals surface area contributed by atoms with Gasteiger partial charge < -0.3 is 23.7 Å². The third kappa shape index (κ3) is 5.20. The molecule has 2 aromatic rings. The number of esters is 1. The molecule has 0 aliphatic carbocycles. The number of rotatable bonds is 9. The Kier molecular flexibility index (Phi) is 7.41. The molecule has 0 atom stereocenters. The molecule has 0 radical (unpaired) electrons. The molecule has 0 heterocycles. The van der Waals surface area contributed by atoms with E-state index >= 15 is 0 Å². The van der Waals surface area contributed by atoms with Gasteiger partial charge in [0.05, 0.1) is 31.4 Å². The van der Waals surface area contributed by atoms with E-state index in [-0.39, 0.29) is 23.8 Å². The summed E-state index contributed by atoms with van der Waals surface area (Å²) in [6, 6.07) is 10.1. The lowest BCUT2D eigenvalue weighted by atomic mass is 10.2. The topological polar surface area (TPSA) is 63.2 Å². The van der Waals surface area contributed by atoms with Crippen LogP contribution in [0.1, 0.15) is 17.3 Å². The lowest BCUT2D eigenvalue weighted by Crippen LogP contribution is -2.12. The number of methoxy groups -OCH3 is 2. The zero-order chi connectivity index (χ0) is 18.9. The zero-order valence-electron chi connectivity index (χ0n) is 14.9. The van der Waals surface area contributed by atoms with Gasteiger partial charge in [-0.2, -0.15) is 0 Å². The van der Waals surface area contributed by atoms with Crippen molar-refractivity contribution in [3.8, 4) is 23.0 Å². The second-order valence-corrected chi connectivity index (χ2v) is 5.49. The van der Waals surface area contributed by atoms with E-state index in [1.165, 1.54) is 19.2 Å². The van der Waals surface area contributed by atoms with Crippen LogP contribution in [0.4, 0.5) is 0 Å². The normalized spacial score (nSPS) is 10.2. The van der Waals surface area contributed by atoms with E-state index in [1.807, 2.05) is 6.92 Å². The largest absolute Gasteiger partial charge is 0.497 e. The molecule has 0 bridgehead atoms. The van der Waals surface area contributed by atoms with Crippen LogP contribution in [-0.4, -0.2) is 40.0 Å². The number of benzene rings is 2. The van der Waals surface area contributed by atoms with Crippen molar-refractivity contribution in [3.63, 3.8) is 0 Å². The summed E-state index contributed by atoms with van der Waals surface area (Å²) >= 11 is 6.15. The Balaban J connectivity index is 1.89. The number of ether oxygens (including phenoxy) is 5. The number of hydrogen-bond donors (Lipinski definition) is 0. The highest BCUT2D eigenvalue weighted by molar-refractivity contribution is 6.32. The van der Waals surface area contributed by atoms with Crippen LogP contribution in [0.15, 0.2) is 36.4 Å². The highest BCUT2D eigenvalue weighted by atomic mass is 35.5. The van der Waals surface area contributed by atoms with Crippen molar-refractivity contribution in [2.45, 2.75) is 6.92 Å². The number of carbonyl (C=O) groups excluding carboxylic acids is 1. The third-order valence-corrected chi connectivity index (χ3v) is 3.68. The van der Waals surface area contributed by atoms with E-state index in [2.05, 4.69) is 0 Å². The molecule has 0 aromatic heterocycles. The maximum atomic E-state index is 12.2. The number of halogens is 1. The molecule has 0 aliphatic heterocycles. The summed E-state index contributed by atoms with van der Waals surface area (Å²) in [6.45, 7) is 2.58. The van der Waals surface area contributed by atoms with Crippen molar-refractivity contribution in [1.29, 1.82) is 0 Å². The SMILES string of the molecule is CCOc1c(Cl)cc(C(=O)OCCOc2ccc(OC)cc2)cc1OC. The van der Waals surface area contributed by atoms with Gasteiger partial charge >= 0.3 is 5.97 Å². The summed E-state index contributed by atoms with van der Waals surface area (Å²) < 4.78 is 26.4. The van der Waals surface area contributed by atoms with E-state index in [0.717, 1.165) is 5.75 Å². The fourth-order valence-corrected chi connectivity index (χ4v) is 2.44. The smallest absolute Gasteiger partial charge is 0.338 e. The van der Waals surface area contributed by atoms with Gasteiger partial charge in [0.2, 0.25) is 0 Å². The second kappa shape index (κ2) is 9.77. The van der Waals surface area contributed by atoms with Crippen molar-refractivity contribution in [1.82, 2.24) is 0 Å². The Morgan fingerprint density at radius 2 is 1.65 bits per heavy atom. The maximum Gasteiger partial charge on any atom is 0.338 e. The van der Waals surface area contributed by atoms with Crippen LogP contribution in [0.5, 0.6) is 23.0 Å². The fraction of sp³-hybridized carbons (Fsp3) is 0.316.